The Morgan fingerprint density at radius 3 is 2.29 bits per heavy atom. The molecule has 0 aliphatic carbocycles. The average Bonchev–Trinajstić information content (AvgIpc) is 2.81. The molecule has 0 radical (unpaired) electrons. The standard InChI is InChI=1S/C23H26Cl2N4O5S/c1-2-33-17-8-6-16(7-9-17)26-21(31)11-12-22(32)28-29-23(35)27-20(30)4-3-13-34-19-10-5-15(24)14-18(19)25/h5-10,14H,2-4,11-13H2,1H3,(H,26,31)(H,28,32)(H2,27,29,30,35). The molecule has 2 aromatic rings. The summed E-state index contributed by atoms with van der Waals surface area (Å²) in [7, 11) is 0. The maximum Gasteiger partial charge on any atom is 0.238 e. The first-order valence-electron chi connectivity index (χ1n) is 10.8. The molecule has 2 rings (SSSR count). The summed E-state index contributed by atoms with van der Waals surface area (Å²) in [5.74, 6) is 0.0519. The molecule has 4 N–H and O–H groups in total. The highest BCUT2D eigenvalue weighted by molar-refractivity contribution is 7.80. The summed E-state index contributed by atoms with van der Waals surface area (Å²) < 4.78 is 10.9. The number of hydrogen-bond donors (Lipinski definition) is 4. The van der Waals surface area contributed by atoms with Gasteiger partial charge >= 0.3 is 0 Å². The number of ether oxygens (including phenoxy) is 2. The van der Waals surface area contributed by atoms with Gasteiger partial charge in [-0.2, -0.15) is 0 Å². The molecule has 2 aromatic carbocycles. The highest BCUT2D eigenvalue weighted by Gasteiger charge is 2.10. The largest absolute Gasteiger partial charge is 0.494 e. The number of nitrogens with one attached hydrogen (secondary N) is 4. The lowest BCUT2D eigenvalue weighted by Crippen LogP contribution is -2.48. The molecule has 0 saturated carbocycles. The molecule has 0 spiro atoms. The van der Waals surface area contributed by atoms with Gasteiger partial charge in [-0.15, -0.1) is 0 Å². The molecule has 0 aliphatic rings. The minimum absolute atomic E-state index is 0.0303. The van der Waals surface area contributed by atoms with Crippen LogP contribution >= 0.6 is 35.4 Å². The van der Waals surface area contributed by atoms with E-state index >= 15 is 0 Å². The summed E-state index contributed by atoms with van der Waals surface area (Å²) in [6.45, 7) is 2.70. The number of carbonyl (C=O) groups is 3. The van der Waals surface area contributed by atoms with Crippen LogP contribution in [0.15, 0.2) is 42.5 Å². The summed E-state index contributed by atoms with van der Waals surface area (Å²) in [4.78, 5) is 35.9. The van der Waals surface area contributed by atoms with Crippen LogP contribution in [0.5, 0.6) is 11.5 Å². The predicted molar refractivity (Wildman–Crippen MR) is 139 cm³/mol. The van der Waals surface area contributed by atoms with Gasteiger partial charge in [0.15, 0.2) is 5.11 Å². The number of rotatable bonds is 11. The lowest BCUT2D eigenvalue weighted by atomic mass is 10.2. The van der Waals surface area contributed by atoms with E-state index < -0.39 is 5.91 Å². The van der Waals surface area contributed by atoms with Crippen LogP contribution in [0.3, 0.4) is 0 Å². The minimum Gasteiger partial charge on any atom is -0.494 e. The van der Waals surface area contributed by atoms with Crippen LogP contribution in [0.25, 0.3) is 0 Å². The Morgan fingerprint density at radius 1 is 0.886 bits per heavy atom. The number of carbonyl (C=O) groups excluding carboxylic acids is 3. The van der Waals surface area contributed by atoms with Crippen LogP contribution in [0.1, 0.15) is 32.6 Å². The van der Waals surface area contributed by atoms with E-state index in [1.54, 1.807) is 42.5 Å². The van der Waals surface area contributed by atoms with Gasteiger partial charge in [-0.1, -0.05) is 23.2 Å². The number of benzene rings is 2. The van der Waals surface area contributed by atoms with Crippen molar-refractivity contribution in [3.8, 4) is 11.5 Å². The first-order valence-corrected chi connectivity index (χ1v) is 11.9. The van der Waals surface area contributed by atoms with Crippen molar-refractivity contribution in [2.45, 2.75) is 32.6 Å². The number of amides is 3. The van der Waals surface area contributed by atoms with E-state index in [0.29, 0.717) is 40.3 Å². The number of hydrogen-bond acceptors (Lipinski definition) is 6. The lowest BCUT2D eigenvalue weighted by molar-refractivity contribution is -0.124. The van der Waals surface area contributed by atoms with E-state index in [9.17, 15) is 14.4 Å². The van der Waals surface area contributed by atoms with E-state index in [2.05, 4.69) is 21.5 Å². The summed E-state index contributed by atoms with van der Waals surface area (Å²) in [6.07, 6.45) is 0.463. The van der Waals surface area contributed by atoms with Crippen molar-refractivity contribution >= 4 is 63.9 Å². The summed E-state index contributed by atoms with van der Waals surface area (Å²) in [5.41, 5.74) is 5.36. The molecule has 0 saturated heterocycles. The molecule has 9 nitrogen and oxygen atoms in total. The summed E-state index contributed by atoms with van der Waals surface area (Å²) in [6, 6.07) is 11.8. The first-order chi connectivity index (χ1) is 16.8. The lowest BCUT2D eigenvalue weighted by Gasteiger charge is -2.11. The molecule has 188 valence electrons. The van der Waals surface area contributed by atoms with E-state index in [1.165, 1.54) is 0 Å². The molecule has 3 amide bonds. The molecule has 0 heterocycles. The van der Waals surface area contributed by atoms with Crippen LogP contribution in [0, 0.1) is 0 Å². The Kier molecular flexibility index (Phi) is 12.1. The third-order valence-electron chi connectivity index (χ3n) is 4.30. The zero-order chi connectivity index (χ0) is 25.6. The average molecular weight is 541 g/mol. The van der Waals surface area contributed by atoms with E-state index in [4.69, 9.17) is 44.9 Å². The SMILES string of the molecule is CCOc1ccc(NC(=O)CCC(=O)NNC(=S)NC(=O)CCCOc2ccc(Cl)cc2Cl)cc1. The van der Waals surface area contributed by atoms with Gasteiger partial charge in [0.25, 0.3) is 0 Å². The summed E-state index contributed by atoms with van der Waals surface area (Å²) in [5, 5.41) is 5.96. The van der Waals surface area contributed by atoms with Crippen LogP contribution in [0.4, 0.5) is 5.69 Å². The third kappa shape index (κ3) is 11.3. The predicted octanol–water partition coefficient (Wildman–Crippen LogP) is 3.99. The van der Waals surface area contributed by atoms with Crippen molar-refractivity contribution in [1.29, 1.82) is 0 Å². The Bertz CT molecular complexity index is 1040. The van der Waals surface area contributed by atoms with E-state index in [0.717, 1.165) is 0 Å². The highest BCUT2D eigenvalue weighted by Crippen LogP contribution is 2.27. The van der Waals surface area contributed by atoms with E-state index in [-0.39, 0.29) is 42.8 Å². The Balaban J connectivity index is 1.57. The topological polar surface area (TPSA) is 118 Å². The Morgan fingerprint density at radius 2 is 1.60 bits per heavy atom. The Labute approximate surface area is 218 Å². The maximum absolute atomic E-state index is 12.0. The first kappa shape index (κ1) is 28.2. The van der Waals surface area contributed by atoms with Gasteiger partial charge < -0.3 is 20.1 Å². The molecular weight excluding hydrogens is 515 g/mol. The number of hydrazine groups is 1. The molecule has 35 heavy (non-hydrogen) atoms. The van der Waals surface area contributed by atoms with E-state index in [1.807, 2.05) is 6.92 Å². The van der Waals surface area contributed by atoms with Crippen LogP contribution in [-0.4, -0.2) is 36.0 Å². The number of halogens is 2. The smallest absolute Gasteiger partial charge is 0.238 e. The molecule has 12 heteroatoms. The minimum atomic E-state index is -0.461. The fourth-order valence-electron chi connectivity index (χ4n) is 2.67. The van der Waals surface area contributed by atoms with Gasteiger partial charge in [0.2, 0.25) is 17.7 Å². The molecule has 0 fully saturated rings. The number of thiocarbonyl (C=S) groups is 1. The van der Waals surface area contributed by atoms with Gasteiger partial charge in [0.05, 0.1) is 18.2 Å². The quantitative estimate of drug-likeness (QED) is 0.193. The normalized spacial score (nSPS) is 10.1. The van der Waals surface area contributed by atoms with Crippen molar-refractivity contribution in [3.63, 3.8) is 0 Å². The fraction of sp³-hybridized carbons (Fsp3) is 0.304. The van der Waals surface area contributed by atoms with Gasteiger partial charge in [0.1, 0.15) is 11.5 Å². The number of anilines is 1. The maximum atomic E-state index is 12.0. The molecule has 0 unspecified atom stereocenters. The molecular formula is C23H26Cl2N4O5S. The zero-order valence-electron chi connectivity index (χ0n) is 19.0. The van der Waals surface area contributed by atoms with Gasteiger partial charge in [0, 0.05) is 30.0 Å². The fourth-order valence-corrected chi connectivity index (χ4v) is 3.30. The van der Waals surface area contributed by atoms with Gasteiger partial charge in [-0.3, -0.25) is 25.2 Å². The van der Waals surface area contributed by atoms with Crippen molar-refractivity contribution in [2.75, 3.05) is 18.5 Å². The van der Waals surface area contributed by atoms with Crippen molar-refractivity contribution in [3.05, 3.63) is 52.5 Å². The molecule has 0 aromatic heterocycles. The molecule has 0 aliphatic heterocycles. The van der Waals surface area contributed by atoms with Gasteiger partial charge in [-0.25, -0.2) is 0 Å². The summed E-state index contributed by atoms with van der Waals surface area (Å²) >= 11 is 16.8. The molecule has 0 atom stereocenters. The Hall–Kier alpha value is -3.08. The van der Waals surface area contributed by atoms with Crippen molar-refractivity contribution < 1.29 is 23.9 Å². The van der Waals surface area contributed by atoms with Crippen LogP contribution < -0.4 is 31.0 Å². The zero-order valence-corrected chi connectivity index (χ0v) is 21.3. The molecule has 0 bridgehead atoms. The monoisotopic (exact) mass is 540 g/mol. The van der Waals surface area contributed by atoms with Gasteiger partial charge in [-0.05, 0) is 68.0 Å². The third-order valence-corrected chi connectivity index (χ3v) is 5.03. The van der Waals surface area contributed by atoms with Crippen LogP contribution in [-0.2, 0) is 14.4 Å². The van der Waals surface area contributed by atoms with Crippen molar-refractivity contribution in [2.24, 2.45) is 0 Å². The second-order valence-electron chi connectivity index (χ2n) is 7.08. The second kappa shape index (κ2) is 15.0. The van der Waals surface area contributed by atoms with Crippen molar-refractivity contribution in [1.82, 2.24) is 16.2 Å². The second-order valence-corrected chi connectivity index (χ2v) is 8.33. The van der Waals surface area contributed by atoms with Crippen LogP contribution in [0.2, 0.25) is 10.0 Å². The highest BCUT2D eigenvalue weighted by atomic mass is 35.5.